The van der Waals surface area contributed by atoms with Gasteiger partial charge in [0.25, 0.3) is 5.91 Å². The molecule has 0 aliphatic rings. The lowest BCUT2D eigenvalue weighted by Gasteiger charge is -2.17. The molecular formula is C13H17ClN2O. The average molecular weight is 253 g/mol. The van der Waals surface area contributed by atoms with Crippen LogP contribution >= 0.6 is 11.6 Å². The largest absolute Gasteiger partial charge is 0.398 e. The van der Waals surface area contributed by atoms with Crippen LogP contribution in [-0.4, -0.2) is 24.4 Å². The zero-order valence-electron chi connectivity index (χ0n) is 9.95. The Morgan fingerprint density at radius 1 is 1.59 bits per heavy atom. The number of nitrogen functional groups attached to an aromatic ring is 1. The van der Waals surface area contributed by atoms with Crippen molar-refractivity contribution in [3.63, 3.8) is 0 Å². The maximum absolute atomic E-state index is 12.1. The molecule has 0 aromatic heterocycles. The van der Waals surface area contributed by atoms with Crippen LogP contribution in [0.1, 0.15) is 23.2 Å². The van der Waals surface area contributed by atoms with Crippen LogP contribution in [0, 0.1) is 0 Å². The molecule has 0 aliphatic carbocycles. The molecule has 0 bridgehead atoms. The van der Waals surface area contributed by atoms with Gasteiger partial charge in [0.05, 0.1) is 5.56 Å². The second kappa shape index (κ2) is 6.30. The van der Waals surface area contributed by atoms with E-state index < -0.39 is 0 Å². The van der Waals surface area contributed by atoms with Gasteiger partial charge in [0, 0.05) is 24.3 Å². The minimum atomic E-state index is -0.103. The number of benzene rings is 1. The summed E-state index contributed by atoms with van der Waals surface area (Å²) in [5.41, 5.74) is 6.67. The lowest BCUT2D eigenvalue weighted by atomic mass is 10.1. The van der Waals surface area contributed by atoms with E-state index >= 15 is 0 Å². The number of allylic oxidation sites excluding steroid dienone is 1. The number of amides is 1. The van der Waals surface area contributed by atoms with Crippen molar-refractivity contribution in [1.82, 2.24) is 4.90 Å². The summed E-state index contributed by atoms with van der Waals surface area (Å²) in [4.78, 5) is 13.7. The fraction of sp³-hybridized carbons (Fsp3) is 0.308. The molecule has 2 N–H and O–H groups in total. The minimum Gasteiger partial charge on any atom is -0.398 e. The van der Waals surface area contributed by atoms with Crippen molar-refractivity contribution in [2.45, 2.75) is 12.8 Å². The quantitative estimate of drug-likeness (QED) is 0.498. The summed E-state index contributed by atoms with van der Waals surface area (Å²) < 4.78 is 0. The third-order valence-corrected chi connectivity index (χ3v) is 2.73. The van der Waals surface area contributed by atoms with Crippen LogP contribution in [0.2, 0.25) is 5.02 Å². The Bertz CT molecular complexity index is 418. The molecule has 0 heterocycles. The number of carbonyl (C=O) groups is 1. The number of halogens is 1. The van der Waals surface area contributed by atoms with Crippen molar-refractivity contribution < 1.29 is 4.79 Å². The third-order valence-electron chi connectivity index (χ3n) is 2.49. The van der Waals surface area contributed by atoms with Crippen LogP contribution in [0.25, 0.3) is 0 Å². The SMILES string of the molecule is C=CCCCN(C)C(=O)c1cc(Cl)ccc1N. The topological polar surface area (TPSA) is 46.3 Å². The van der Waals surface area contributed by atoms with Gasteiger partial charge in [-0.1, -0.05) is 17.7 Å². The molecule has 0 fully saturated rings. The van der Waals surface area contributed by atoms with Gasteiger partial charge in [0.15, 0.2) is 0 Å². The van der Waals surface area contributed by atoms with E-state index in [1.165, 1.54) is 0 Å². The first-order chi connectivity index (χ1) is 8.06. The van der Waals surface area contributed by atoms with Crippen molar-refractivity contribution >= 4 is 23.2 Å². The number of unbranched alkanes of at least 4 members (excludes halogenated alkanes) is 1. The van der Waals surface area contributed by atoms with Gasteiger partial charge in [-0.2, -0.15) is 0 Å². The smallest absolute Gasteiger partial charge is 0.255 e. The molecule has 0 atom stereocenters. The van der Waals surface area contributed by atoms with Crippen molar-refractivity contribution in [3.05, 3.63) is 41.4 Å². The van der Waals surface area contributed by atoms with Crippen LogP contribution in [0.3, 0.4) is 0 Å². The average Bonchev–Trinajstić information content (AvgIpc) is 2.31. The fourth-order valence-corrected chi connectivity index (χ4v) is 1.67. The first-order valence-corrected chi connectivity index (χ1v) is 5.85. The van der Waals surface area contributed by atoms with Crippen molar-refractivity contribution in [2.24, 2.45) is 0 Å². The number of hydrogen-bond donors (Lipinski definition) is 1. The van der Waals surface area contributed by atoms with E-state index in [2.05, 4.69) is 6.58 Å². The molecule has 1 aromatic carbocycles. The van der Waals surface area contributed by atoms with Gasteiger partial charge in [-0.25, -0.2) is 0 Å². The Kier molecular flexibility index (Phi) is 5.04. The van der Waals surface area contributed by atoms with E-state index in [1.54, 1.807) is 30.1 Å². The molecule has 1 rings (SSSR count). The molecule has 1 amide bonds. The molecule has 17 heavy (non-hydrogen) atoms. The normalized spacial score (nSPS) is 10.0. The lowest BCUT2D eigenvalue weighted by molar-refractivity contribution is 0.0795. The van der Waals surface area contributed by atoms with Gasteiger partial charge in [-0.05, 0) is 31.0 Å². The molecular weight excluding hydrogens is 236 g/mol. The predicted molar refractivity (Wildman–Crippen MR) is 72.3 cm³/mol. The monoisotopic (exact) mass is 252 g/mol. The van der Waals surface area contributed by atoms with Crippen LogP contribution < -0.4 is 5.73 Å². The molecule has 0 saturated heterocycles. The van der Waals surface area contributed by atoms with Gasteiger partial charge < -0.3 is 10.6 Å². The van der Waals surface area contributed by atoms with Crippen LogP contribution in [0.15, 0.2) is 30.9 Å². The number of nitrogens with zero attached hydrogens (tertiary/aromatic N) is 1. The maximum Gasteiger partial charge on any atom is 0.255 e. The number of nitrogens with two attached hydrogens (primary N) is 1. The second-order valence-corrected chi connectivity index (χ2v) is 4.33. The second-order valence-electron chi connectivity index (χ2n) is 3.89. The summed E-state index contributed by atoms with van der Waals surface area (Å²) >= 11 is 5.85. The van der Waals surface area contributed by atoms with E-state index in [-0.39, 0.29) is 5.91 Å². The highest BCUT2D eigenvalue weighted by Crippen LogP contribution is 2.19. The number of anilines is 1. The highest BCUT2D eigenvalue weighted by molar-refractivity contribution is 6.31. The standard InChI is InChI=1S/C13H17ClN2O/c1-3-4-5-8-16(2)13(17)11-9-10(14)6-7-12(11)15/h3,6-7,9H,1,4-5,8,15H2,2H3. The lowest BCUT2D eigenvalue weighted by Crippen LogP contribution is -2.28. The van der Waals surface area contributed by atoms with Crippen LogP contribution in [0.4, 0.5) is 5.69 Å². The zero-order chi connectivity index (χ0) is 12.8. The van der Waals surface area contributed by atoms with Gasteiger partial charge in [-0.15, -0.1) is 6.58 Å². The molecule has 0 aliphatic heterocycles. The summed E-state index contributed by atoms with van der Waals surface area (Å²) in [7, 11) is 1.76. The summed E-state index contributed by atoms with van der Waals surface area (Å²) in [6.07, 6.45) is 3.63. The van der Waals surface area contributed by atoms with Crippen LogP contribution in [-0.2, 0) is 0 Å². The Balaban J connectivity index is 2.74. The minimum absolute atomic E-state index is 0.103. The Morgan fingerprint density at radius 2 is 2.29 bits per heavy atom. The van der Waals surface area contributed by atoms with E-state index in [9.17, 15) is 4.79 Å². The van der Waals surface area contributed by atoms with Crippen LogP contribution in [0.5, 0.6) is 0 Å². The number of carbonyl (C=O) groups excluding carboxylic acids is 1. The molecule has 0 radical (unpaired) electrons. The van der Waals surface area contributed by atoms with Gasteiger partial charge in [0.1, 0.15) is 0 Å². The van der Waals surface area contributed by atoms with E-state index in [4.69, 9.17) is 17.3 Å². The van der Waals surface area contributed by atoms with Gasteiger partial charge in [0.2, 0.25) is 0 Å². The molecule has 0 unspecified atom stereocenters. The number of rotatable bonds is 5. The summed E-state index contributed by atoms with van der Waals surface area (Å²) in [6.45, 7) is 4.32. The predicted octanol–water partition coefficient (Wildman–Crippen LogP) is 2.96. The van der Waals surface area contributed by atoms with E-state index in [0.717, 1.165) is 12.8 Å². The molecule has 0 spiro atoms. The first-order valence-electron chi connectivity index (χ1n) is 5.47. The molecule has 92 valence electrons. The Morgan fingerprint density at radius 3 is 2.94 bits per heavy atom. The van der Waals surface area contributed by atoms with Gasteiger partial charge in [-0.3, -0.25) is 4.79 Å². The zero-order valence-corrected chi connectivity index (χ0v) is 10.7. The number of hydrogen-bond acceptors (Lipinski definition) is 2. The van der Waals surface area contributed by atoms with E-state index in [0.29, 0.717) is 22.8 Å². The maximum atomic E-state index is 12.1. The molecule has 3 nitrogen and oxygen atoms in total. The molecule has 1 aromatic rings. The fourth-order valence-electron chi connectivity index (χ4n) is 1.49. The van der Waals surface area contributed by atoms with Crippen molar-refractivity contribution in [1.29, 1.82) is 0 Å². The van der Waals surface area contributed by atoms with Crippen molar-refractivity contribution in [2.75, 3.05) is 19.3 Å². The third kappa shape index (κ3) is 3.79. The summed E-state index contributed by atoms with van der Waals surface area (Å²) in [6, 6.07) is 4.92. The Hall–Kier alpha value is -1.48. The first kappa shape index (κ1) is 13.6. The highest BCUT2D eigenvalue weighted by Gasteiger charge is 2.14. The van der Waals surface area contributed by atoms with E-state index in [1.807, 2.05) is 6.08 Å². The highest BCUT2D eigenvalue weighted by atomic mass is 35.5. The van der Waals surface area contributed by atoms with Gasteiger partial charge >= 0.3 is 0 Å². The molecule has 0 saturated carbocycles. The summed E-state index contributed by atoms with van der Waals surface area (Å²) in [5, 5.41) is 0.516. The summed E-state index contributed by atoms with van der Waals surface area (Å²) in [5.74, 6) is -0.103. The Labute approximate surface area is 107 Å². The molecule has 4 heteroatoms. The van der Waals surface area contributed by atoms with Crippen molar-refractivity contribution in [3.8, 4) is 0 Å².